The summed E-state index contributed by atoms with van der Waals surface area (Å²) < 4.78 is 1.90. The molecular weight excluding hydrogens is 344 g/mol. The first-order valence-corrected chi connectivity index (χ1v) is 9.56. The third-order valence-corrected chi connectivity index (χ3v) is 5.75. The number of primary amides is 1. The molecular formula is C20H20N4OS. The Morgan fingerprint density at radius 1 is 1.19 bits per heavy atom. The number of nitrogens with one attached hydrogen (secondary N) is 1. The van der Waals surface area contributed by atoms with Gasteiger partial charge in [-0.2, -0.15) is 5.10 Å². The van der Waals surface area contributed by atoms with E-state index in [1.54, 1.807) is 11.8 Å². The molecule has 0 aliphatic carbocycles. The summed E-state index contributed by atoms with van der Waals surface area (Å²) in [5, 5.41) is 8.16. The van der Waals surface area contributed by atoms with Crippen molar-refractivity contribution in [2.75, 3.05) is 5.75 Å². The van der Waals surface area contributed by atoms with Gasteiger partial charge in [0.2, 0.25) is 5.91 Å². The Hall–Kier alpha value is -2.57. The van der Waals surface area contributed by atoms with Crippen LogP contribution >= 0.6 is 11.8 Å². The van der Waals surface area contributed by atoms with Crippen LogP contribution in [0, 0.1) is 6.92 Å². The number of hydrogen-bond donors (Lipinski definition) is 2. The molecule has 132 valence electrons. The minimum absolute atomic E-state index is 0.0121. The Balaban J connectivity index is 1.76. The number of aryl methyl sites for hydroxylation is 1. The smallest absolute Gasteiger partial charge is 0.235 e. The quantitative estimate of drug-likeness (QED) is 0.746. The molecule has 1 fully saturated rings. The van der Waals surface area contributed by atoms with Gasteiger partial charge in [-0.05, 0) is 19.1 Å². The molecule has 26 heavy (non-hydrogen) atoms. The van der Waals surface area contributed by atoms with Gasteiger partial charge in [-0.3, -0.25) is 10.1 Å². The zero-order valence-corrected chi connectivity index (χ0v) is 15.2. The van der Waals surface area contributed by atoms with Crippen LogP contribution in [0.15, 0.2) is 60.8 Å². The van der Waals surface area contributed by atoms with Crippen molar-refractivity contribution in [1.82, 2.24) is 15.1 Å². The zero-order valence-electron chi connectivity index (χ0n) is 14.4. The molecule has 3 aromatic rings. The predicted molar refractivity (Wildman–Crippen MR) is 105 cm³/mol. The lowest BCUT2D eigenvalue weighted by Gasteiger charge is -2.11. The Labute approximate surface area is 156 Å². The maximum Gasteiger partial charge on any atom is 0.235 e. The van der Waals surface area contributed by atoms with Crippen LogP contribution in [-0.4, -0.2) is 27.5 Å². The molecule has 1 amide bonds. The van der Waals surface area contributed by atoms with Crippen molar-refractivity contribution in [3.8, 4) is 16.9 Å². The highest BCUT2D eigenvalue weighted by molar-refractivity contribution is 7.99. The summed E-state index contributed by atoms with van der Waals surface area (Å²) in [7, 11) is 0. The molecule has 1 aliphatic heterocycles. The molecule has 2 heterocycles. The fraction of sp³-hybridized carbons (Fsp3) is 0.200. The highest BCUT2D eigenvalue weighted by Crippen LogP contribution is 2.38. The fourth-order valence-corrected chi connectivity index (χ4v) is 4.30. The van der Waals surface area contributed by atoms with Gasteiger partial charge in [-0.1, -0.05) is 48.0 Å². The molecule has 2 aromatic carbocycles. The van der Waals surface area contributed by atoms with Crippen LogP contribution in [0.5, 0.6) is 0 Å². The largest absolute Gasteiger partial charge is 0.368 e. The molecule has 4 rings (SSSR count). The summed E-state index contributed by atoms with van der Waals surface area (Å²) >= 11 is 1.69. The lowest BCUT2D eigenvalue weighted by Crippen LogP contribution is -2.39. The number of nitrogens with zero attached hydrogens (tertiary/aromatic N) is 2. The van der Waals surface area contributed by atoms with Crippen LogP contribution in [0.3, 0.4) is 0 Å². The van der Waals surface area contributed by atoms with Crippen molar-refractivity contribution in [3.63, 3.8) is 0 Å². The van der Waals surface area contributed by atoms with Gasteiger partial charge in [0.25, 0.3) is 0 Å². The zero-order chi connectivity index (χ0) is 18.1. The van der Waals surface area contributed by atoms with Crippen LogP contribution in [0.4, 0.5) is 0 Å². The van der Waals surface area contributed by atoms with Crippen molar-refractivity contribution in [3.05, 3.63) is 71.9 Å². The standard InChI is InChI=1S/C20H20N4OS/c1-13-7-9-15(10-8-13)24-11-16(20-22-17(12-26-20)19(21)25)18(23-24)14-5-3-2-4-6-14/h2-11,17,20,22H,12H2,1H3,(H2,21,25)/t17-,20?/m0/s1. The molecule has 1 unspecified atom stereocenters. The molecule has 0 saturated carbocycles. The number of rotatable bonds is 4. The van der Waals surface area contributed by atoms with E-state index in [1.807, 2.05) is 29.1 Å². The molecule has 0 spiro atoms. The van der Waals surface area contributed by atoms with E-state index in [9.17, 15) is 4.79 Å². The molecule has 0 bridgehead atoms. The third kappa shape index (κ3) is 3.25. The lowest BCUT2D eigenvalue weighted by atomic mass is 10.1. The number of amides is 1. The van der Waals surface area contributed by atoms with Crippen LogP contribution < -0.4 is 11.1 Å². The number of carbonyl (C=O) groups is 1. The molecule has 1 saturated heterocycles. The second kappa shape index (κ2) is 6.97. The van der Waals surface area contributed by atoms with Gasteiger partial charge in [-0.25, -0.2) is 4.68 Å². The van der Waals surface area contributed by atoms with Crippen molar-refractivity contribution in [2.24, 2.45) is 5.73 Å². The normalized spacial score (nSPS) is 19.6. The van der Waals surface area contributed by atoms with Gasteiger partial charge in [0.1, 0.15) is 0 Å². The molecule has 3 N–H and O–H groups in total. The highest BCUT2D eigenvalue weighted by Gasteiger charge is 2.32. The Morgan fingerprint density at radius 3 is 2.58 bits per heavy atom. The van der Waals surface area contributed by atoms with Crippen LogP contribution in [0.25, 0.3) is 16.9 Å². The number of nitrogens with two attached hydrogens (primary N) is 1. The second-order valence-electron chi connectivity index (χ2n) is 6.41. The van der Waals surface area contributed by atoms with E-state index in [1.165, 1.54) is 5.56 Å². The van der Waals surface area contributed by atoms with E-state index in [2.05, 4.69) is 48.6 Å². The van der Waals surface area contributed by atoms with Gasteiger partial charge >= 0.3 is 0 Å². The average molecular weight is 364 g/mol. The molecule has 0 radical (unpaired) electrons. The van der Waals surface area contributed by atoms with E-state index in [-0.39, 0.29) is 17.3 Å². The van der Waals surface area contributed by atoms with Crippen molar-refractivity contribution < 1.29 is 4.79 Å². The summed E-state index contributed by atoms with van der Waals surface area (Å²) in [5.74, 6) is 0.358. The first kappa shape index (κ1) is 16.9. The molecule has 1 aliphatic rings. The number of thioether (sulfide) groups is 1. The minimum atomic E-state index is -0.313. The van der Waals surface area contributed by atoms with E-state index in [0.717, 1.165) is 22.5 Å². The van der Waals surface area contributed by atoms with E-state index in [0.29, 0.717) is 5.75 Å². The molecule has 1 aromatic heterocycles. The van der Waals surface area contributed by atoms with Gasteiger partial charge in [0, 0.05) is 23.1 Å². The molecule has 2 atom stereocenters. The Morgan fingerprint density at radius 2 is 1.92 bits per heavy atom. The maximum absolute atomic E-state index is 11.5. The van der Waals surface area contributed by atoms with Gasteiger partial charge in [0.05, 0.1) is 22.8 Å². The first-order chi connectivity index (χ1) is 12.6. The minimum Gasteiger partial charge on any atom is -0.368 e. The second-order valence-corrected chi connectivity index (χ2v) is 7.55. The molecule has 6 heteroatoms. The summed E-state index contributed by atoms with van der Waals surface area (Å²) in [6.07, 6.45) is 2.04. The van der Waals surface area contributed by atoms with Crippen molar-refractivity contribution in [1.29, 1.82) is 0 Å². The Kier molecular flexibility index (Phi) is 4.53. The van der Waals surface area contributed by atoms with Crippen molar-refractivity contribution in [2.45, 2.75) is 18.3 Å². The van der Waals surface area contributed by atoms with Crippen molar-refractivity contribution >= 4 is 17.7 Å². The van der Waals surface area contributed by atoms with Gasteiger partial charge < -0.3 is 5.73 Å². The highest BCUT2D eigenvalue weighted by atomic mass is 32.2. The van der Waals surface area contributed by atoms with Crippen LogP contribution in [0.2, 0.25) is 0 Å². The number of hydrogen-bond acceptors (Lipinski definition) is 4. The topological polar surface area (TPSA) is 72.9 Å². The van der Waals surface area contributed by atoms with E-state index < -0.39 is 0 Å². The van der Waals surface area contributed by atoms with Gasteiger partial charge in [0.15, 0.2) is 0 Å². The summed E-state index contributed by atoms with van der Waals surface area (Å²) in [6.45, 7) is 2.07. The van der Waals surface area contributed by atoms with Crippen LogP contribution in [-0.2, 0) is 4.79 Å². The summed E-state index contributed by atoms with van der Waals surface area (Å²) in [4.78, 5) is 11.5. The first-order valence-electron chi connectivity index (χ1n) is 8.51. The fourth-order valence-electron chi connectivity index (χ4n) is 3.04. The predicted octanol–water partition coefficient (Wildman–Crippen LogP) is 3.04. The number of benzene rings is 2. The summed E-state index contributed by atoms with van der Waals surface area (Å²) in [5.41, 5.74) is 10.7. The number of carbonyl (C=O) groups excluding carboxylic acids is 1. The third-order valence-electron chi connectivity index (χ3n) is 4.50. The average Bonchev–Trinajstić information content (AvgIpc) is 3.30. The molecule has 5 nitrogen and oxygen atoms in total. The SMILES string of the molecule is Cc1ccc(-n2cc(C3N[C@H](C(N)=O)CS3)c(-c3ccccc3)n2)cc1. The monoisotopic (exact) mass is 364 g/mol. The number of aromatic nitrogens is 2. The van der Waals surface area contributed by atoms with Gasteiger partial charge in [-0.15, -0.1) is 11.8 Å². The summed E-state index contributed by atoms with van der Waals surface area (Å²) in [6, 6.07) is 18.1. The van der Waals surface area contributed by atoms with E-state index in [4.69, 9.17) is 10.8 Å². The Bertz CT molecular complexity index is 921. The lowest BCUT2D eigenvalue weighted by molar-refractivity contribution is -0.119. The van der Waals surface area contributed by atoms with Crippen LogP contribution in [0.1, 0.15) is 16.5 Å². The van der Waals surface area contributed by atoms with E-state index >= 15 is 0 Å². The maximum atomic E-state index is 11.5.